The average molecular weight is 409 g/mol. The van der Waals surface area contributed by atoms with Crippen LogP contribution in [0.3, 0.4) is 0 Å². The van der Waals surface area contributed by atoms with Crippen LogP contribution in [0.4, 0.5) is 5.88 Å². The van der Waals surface area contributed by atoms with E-state index in [9.17, 15) is 5.26 Å². The van der Waals surface area contributed by atoms with Gasteiger partial charge in [-0.1, -0.05) is 29.8 Å². The van der Waals surface area contributed by atoms with Crippen molar-refractivity contribution < 1.29 is 13.9 Å². The van der Waals surface area contributed by atoms with Crippen LogP contribution >= 0.6 is 11.6 Å². The fraction of sp³-hybridized carbons (Fsp3) is 0.217. The Morgan fingerprint density at radius 3 is 2.66 bits per heavy atom. The van der Waals surface area contributed by atoms with E-state index in [2.05, 4.69) is 11.1 Å². The second-order valence-electron chi connectivity index (χ2n) is 6.35. The lowest BCUT2D eigenvalue weighted by molar-refractivity contribution is 0.269. The van der Waals surface area contributed by atoms with Crippen LogP contribution in [0.5, 0.6) is 11.5 Å². The van der Waals surface area contributed by atoms with Gasteiger partial charge in [0.15, 0.2) is 11.5 Å². The number of nitriles is 1. The van der Waals surface area contributed by atoms with Gasteiger partial charge in [0.2, 0.25) is 5.88 Å². The molecule has 0 N–H and O–H groups in total. The van der Waals surface area contributed by atoms with Gasteiger partial charge in [0, 0.05) is 22.4 Å². The van der Waals surface area contributed by atoms with E-state index in [1.807, 2.05) is 63.2 Å². The molecule has 148 valence electrons. The van der Waals surface area contributed by atoms with Crippen molar-refractivity contribution in [2.45, 2.75) is 27.4 Å². The molecule has 1 heterocycles. The number of aryl methyl sites for hydroxylation is 1. The molecule has 0 spiro atoms. The fourth-order valence-electron chi connectivity index (χ4n) is 2.73. The Balaban J connectivity index is 1.81. The Labute approximate surface area is 175 Å². The largest absolute Gasteiger partial charge is 0.490 e. The molecule has 3 rings (SSSR count). The highest BCUT2D eigenvalue weighted by Crippen LogP contribution is 2.31. The van der Waals surface area contributed by atoms with E-state index in [4.69, 9.17) is 25.5 Å². The molecule has 0 aliphatic heterocycles. The van der Waals surface area contributed by atoms with E-state index >= 15 is 0 Å². The van der Waals surface area contributed by atoms with Crippen molar-refractivity contribution in [3.05, 3.63) is 75.5 Å². The van der Waals surface area contributed by atoms with Gasteiger partial charge in [-0.2, -0.15) is 5.26 Å². The summed E-state index contributed by atoms with van der Waals surface area (Å²) >= 11 is 6.19. The van der Waals surface area contributed by atoms with Gasteiger partial charge in [-0.05, 0) is 50.6 Å². The molecule has 0 aliphatic rings. The first-order valence-corrected chi connectivity index (χ1v) is 9.58. The summed E-state index contributed by atoms with van der Waals surface area (Å²) in [7, 11) is 0. The standard InChI is InChI=1S/C23H21ClN2O3/c1-4-27-22-11-17(13-26-23-19(12-25)15(2)16(3)29-23)9-10-21(22)28-14-18-7-5-6-8-20(18)24/h5-11,13H,4,14H2,1-3H3. The second kappa shape index (κ2) is 9.31. The summed E-state index contributed by atoms with van der Waals surface area (Å²) in [5, 5.41) is 9.96. The van der Waals surface area contributed by atoms with E-state index in [1.165, 1.54) is 0 Å². The number of ether oxygens (including phenoxy) is 2. The molecular formula is C23H21ClN2O3. The molecule has 0 unspecified atom stereocenters. The molecule has 6 heteroatoms. The Morgan fingerprint density at radius 2 is 1.93 bits per heavy atom. The minimum atomic E-state index is 0.305. The lowest BCUT2D eigenvalue weighted by Crippen LogP contribution is -2.01. The molecular weight excluding hydrogens is 388 g/mol. The first kappa shape index (κ1) is 20.5. The number of hydrogen-bond acceptors (Lipinski definition) is 5. The molecule has 0 saturated carbocycles. The molecule has 2 aromatic carbocycles. The third kappa shape index (κ3) is 4.79. The Bertz CT molecular complexity index is 1080. The first-order valence-electron chi connectivity index (χ1n) is 9.20. The van der Waals surface area contributed by atoms with Crippen LogP contribution in [0.15, 0.2) is 51.9 Å². The summed E-state index contributed by atoms with van der Waals surface area (Å²) in [6.07, 6.45) is 1.64. The molecule has 0 saturated heterocycles. The van der Waals surface area contributed by atoms with Crippen molar-refractivity contribution in [1.29, 1.82) is 5.26 Å². The molecule has 1 aromatic heterocycles. The third-order valence-corrected chi connectivity index (χ3v) is 4.79. The van der Waals surface area contributed by atoms with E-state index < -0.39 is 0 Å². The first-order chi connectivity index (χ1) is 14.0. The SMILES string of the molecule is CCOc1cc(C=Nc2oc(C)c(C)c2C#N)ccc1OCc1ccccc1Cl. The van der Waals surface area contributed by atoms with Gasteiger partial charge in [0.05, 0.1) is 6.61 Å². The van der Waals surface area contributed by atoms with Crippen LogP contribution in [0.1, 0.15) is 34.9 Å². The number of benzene rings is 2. The molecule has 0 bridgehead atoms. The van der Waals surface area contributed by atoms with Crippen LogP contribution in [0.2, 0.25) is 5.02 Å². The van der Waals surface area contributed by atoms with Gasteiger partial charge in [0.25, 0.3) is 0 Å². The number of aliphatic imine (C=N–C) groups is 1. The smallest absolute Gasteiger partial charge is 0.237 e. The van der Waals surface area contributed by atoms with Crippen LogP contribution in [-0.4, -0.2) is 12.8 Å². The highest BCUT2D eigenvalue weighted by molar-refractivity contribution is 6.31. The average Bonchev–Trinajstić information content (AvgIpc) is 3.00. The van der Waals surface area contributed by atoms with Gasteiger partial charge >= 0.3 is 0 Å². The maximum absolute atomic E-state index is 9.30. The quantitative estimate of drug-likeness (QED) is 0.439. The molecule has 0 amide bonds. The molecule has 29 heavy (non-hydrogen) atoms. The molecule has 5 nitrogen and oxygen atoms in total. The van der Waals surface area contributed by atoms with Crippen LogP contribution in [-0.2, 0) is 6.61 Å². The zero-order valence-electron chi connectivity index (χ0n) is 16.5. The zero-order chi connectivity index (χ0) is 20.8. The maximum atomic E-state index is 9.30. The maximum Gasteiger partial charge on any atom is 0.237 e. The number of rotatable bonds is 7. The number of furan rings is 1. The molecule has 0 radical (unpaired) electrons. The minimum Gasteiger partial charge on any atom is -0.490 e. The number of hydrogen-bond donors (Lipinski definition) is 0. The summed E-state index contributed by atoms with van der Waals surface area (Å²) in [4.78, 5) is 4.34. The summed E-state index contributed by atoms with van der Waals surface area (Å²) in [6, 6.07) is 15.2. The molecule has 0 fully saturated rings. The van der Waals surface area contributed by atoms with Gasteiger partial charge in [-0.15, -0.1) is 0 Å². The van der Waals surface area contributed by atoms with E-state index in [-0.39, 0.29) is 0 Å². The van der Waals surface area contributed by atoms with Crippen molar-refractivity contribution in [2.24, 2.45) is 4.99 Å². The summed E-state index contributed by atoms with van der Waals surface area (Å²) in [6.45, 7) is 6.40. The van der Waals surface area contributed by atoms with Gasteiger partial charge < -0.3 is 13.9 Å². The van der Waals surface area contributed by atoms with Gasteiger partial charge in [-0.3, -0.25) is 0 Å². The summed E-state index contributed by atoms with van der Waals surface area (Å²) in [5.41, 5.74) is 2.95. The van der Waals surface area contributed by atoms with Crippen molar-refractivity contribution in [3.63, 3.8) is 0 Å². The van der Waals surface area contributed by atoms with E-state index in [1.54, 1.807) is 6.21 Å². The molecule has 0 aliphatic carbocycles. The summed E-state index contributed by atoms with van der Waals surface area (Å²) < 4.78 is 17.2. The Morgan fingerprint density at radius 1 is 1.14 bits per heavy atom. The molecule has 0 atom stereocenters. The van der Waals surface area contributed by atoms with E-state index in [0.29, 0.717) is 46.9 Å². The van der Waals surface area contributed by atoms with Crippen LogP contribution < -0.4 is 9.47 Å². The highest BCUT2D eigenvalue weighted by atomic mass is 35.5. The number of nitrogens with zero attached hydrogens (tertiary/aromatic N) is 2. The zero-order valence-corrected chi connectivity index (χ0v) is 17.3. The minimum absolute atomic E-state index is 0.305. The van der Waals surface area contributed by atoms with Crippen molar-refractivity contribution >= 4 is 23.7 Å². The normalized spacial score (nSPS) is 10.9. The van der Waals surface area contributed by atoms with Crippen LogP contribution in [0.25, 0.3) is 0 Å². The van der Waals surface area contributed by atoms with Crippen LogP contribution in [0, 0.1) is 25.2 Å². The van der Waals surface area contributed by atoms with Gasteiger partial charge in [-0.25, -0.2) is 4.99 Å². The number of halogens is 1. The third-order valence-electron chi connectivity index (χ3n) is 4.42. The highest BCUT2D eigenvalue weighted by Gasteiger charge is 2.13. The monoisotopic (exact) mass is 408 g/mol. The predicted molar refractivity (Wildman–Crippen MR) is 114 cm³/mol. The van der Waals surface area contributed by atoms with Crippen molar-refractivity contribution in [3.8, 4) is 17.6 Å². The van der Waals surface area contributed by atoms with Gasteiger partial charge in [0.1, 0.15) is 24.0 Å². The lowest BCUT2D eigenvalue weighted by Gasteiger charge is -2.13. The Hall–Kier alpha value is -3.23. The topological polar surface area (TPSA) is 67.8 Å². The summed E-state index contributed by atoms with van der Waals surface area (Å²) in [5.74, 6) is 2.22. The lowest BCUT2D eigenvalue weighted by atomic mass is 10.2. The van der Waals surface area contributed by atoms with Crippen molar-refractivity contribution in [2.75, 3.05) is 6.61 Å². The second-order valence-corrected chi connectivity index (χ2v) is 6.76. The Kier molecular flexibility index (Phi) is 6.58. The predicted octanol–water partition coefficient (Wildman–Crippen LogP) is 6.15. The van der Waals surface area contributed by atoms with E-state index in [0.717, 1.165) is 16.7 Å². The molecule has 3 aromatic rings. The van der Waals surface area contributed by atoms with Crippen molar-refractivity contribution in [1.82, 2.24) is 0 Å². The fourth-order valence-corrected chi connectivity index (χ4v) is 2.92.